The van der Waals surface area contributed by atoms with Crippen molar-refractivity contribution in [3.63, 3.8) is 0 Å². The zero-order chi connectivity index (χ0) is 21.0. The molecule has 1 aromatic carbocycles. The Morgan fingerprint density at radius 3 is 2.52 bits per heavy atom. The molecule has 0 bridgehead atoms. The van der Waals surface area contributed by atoms with Crippen LogP contribution in [0.3, 0.4) is 0 Å². The zero-order valence-electron chi connectivity index (χ0n) is 15.9. The van der Waals surface area contributed by atoms with E-state index in [1.807, 2.05) is 0 Å². The summed E-state index contributed by atoms with van der Waals surface area (Å²) in [5, 5.41) is 23.4. The number of nitrogens with zero attached hydrogens (tertiary/aromatic N) is 2. The molecular weight excluding hydrogens is 419 g/mol. The van der Waals surface area contributed by atoms with E-state index in [-0.39, 0.29) is 35.3 Å². The van der Waals surface area contributed by atoms with Gasteiger partial charge in [0.1, 0.15) is 0 Å². The fourth-order valence-corrected chi connectivity index (χ4v) is 4.14. The molecule has 0 radical (unpaired) electrons. The Hall–Kier alpha value is -2.09. The van der Waals surface area contributed by atoms with E-state index >= 15 is 0 Å². The number of benzene rings is 1. The van der Waals surface area contributed by atoms with E-state index < -0.39 is 11.0 Å². The first-order valence-corrected chi connectivity index (χ1v) is 10.2. The molecule has 0 saturated heterocycles. The van der Waals surface area contributed by atoms with Crippen molar-refractivity contribution in [2.45, 2.75) is 50.7 Å². The molecule has 0 aliphatic heterocycles. The van der Waals surface area contributed by atoms with E-state index in [1.54, 1.807) is 6.07 Å². The van der Waals surface area contributed by atoms with Gasteiger partial charge in [0.2, 0.25) is 5.75 Å². The summed E-state index contributed by atoms with van der Waals surface area (Å²) < 4.78 is 11.2. The molecule has 29 heavy (non-hydrogen) atoms. The first kappa shape index (κ1) is 21.6. The van der Waals surface area contributed by atoms with Crippen molar-refractivity contribution in [2.75, 3.05) is 7.11 Å². The normalized spacial score (nSPS) is 15.3. The molecule has 3 rings (SSSR count). The van der Waals surface area contributed by atoms with E-state index in [1.165, 1.54) is 25.6 Å². The summed E-state index contributed by atoms with van der Waals surface area (Å²) in [7, 11) is 1.43. The summed E-state index contributed by atoms with van der Waals surface area (Å²) >= 11 is 12.3. The molecule has 1 aliphatic carbocycles. The number of methoxy groups -OCH3 is 1. The Labute approximate surface area is 178 Å². The molecular formula is C20H22Cl2N2O5. The minimum absolute atomic E-state index is 0.0703. The highest BCUT2D eigenvalue weighted by molar-refractivity contribution is 6.35. The third-order valence-corrected chi connectivity index (χ3v) is 5.75. The van der Waals surface area contributed by atoms with Gasteiger partial charge in [-0.05, 0) is 56.2 Å². The van der Waals surface area contributed by atoms with Gasteiger partial charge in [0.25, 0.3) is 0 Å². The maximum absolute atomic E-state index is 11.9. The lowest BCUT2D eigenvalue weighted by atomic mass is 9.99. The van der Waals surface area contributed by atoms with Gasteiger partial charge in [0.05, 0.1) is 39.8 Å². The number of pyridine rings is 1. The topological polar surface area (TPSA) is 94.7 Å². The molecule has 1 heterocycles. The number of aromatic nitrogens is 1. The van der Waals surface area contributed by atoms with Gasteiger partial charge in [0.15, 0.2) is 5.75 Å². The molecule has 9 heteroatoms. The third kappa shape index (κ3) is 4.91. The number of aliphatic hydroxyl groups is 1. The van der Waals surface area contributed by atoms with Crippen LogP contribution >= 0.6 is 23.2 Å². The zero-order valence-corrected chi connectivity index (χ0v) is 17.4. The van der Waals surface area contributed by atoms with Gasteiger partial charge in [-0.15, -0.1) is 0 Å². The second-order valence-electron chi connectivity index (χ2n) is 6.95. The van der Waals surface area contributed by atoms with Crippen LogP contribution in [-0.4, -0.2) is 28.2 Å². The van der Waals surface area contributed by atoms with E-state index in [9.17, 15) is 15.2 Å². The number of halogens is 2. The summed E-state index contributed by atoms with van der Waals surface area (Å²) in [6, 6.07) is 3.08. The van der Waals surface area contributed by atoms with Crippen molar-refractivity contribution < 1.29 is 19.5 Å². The molecule has 1 fully saturated rings. The van der Waals surface area contributed by atoms with Crippen LogP contribution in [0.2, 0.25) is 10.0 Å². The number of nitro benzene ring substituents is 1. The maximum Gasteiger partial charge on any atom is 0.320 e. The van der Waals surface area contributed by atoms with Crippen LogP contribution in [0.1, 0.15) is 49.3 Å². The summed E-state index contributed by atoms with van der Waals surface area (Å²) in [5.74, 6) is 0.348. The standard InChI is InChI=1S/C20H22Cl2N2O5/c1-28-18-9-7-14(17(25)8-6-13-15(21)10-23-11-16(13)22)19(24(26)27)20(18)29-12-4-2-3-5-12/h7,9-12,17,25H,2-6,8H2,1H3. The summed E-state index contributed by atoms with van der Waals surface area (Å²) in [4.78, 5) is 15.3. The Bertz CT molecular complexity index is 867. The number of hydrogen-bond acceptors (Lipinski definition) is 6. The molecule has 0 spiro atoms. The van der Waals surface area contributed by atoms with Gasteiger partial charge in [-0.3, -0.25) is 15.1 Å². The summed E-state index contributed by atoms with van der Waals surface area (Å²) in [5.41, 5.74) is 0.543. The molecule has 1 atom stereocenters. The van der Waals surface area contributed by atoms with Crippen LogP contribution < -0.4 is 9.47 Å². The van der Waals surface area contributed by atoms with Gasteiger partial charge < -0.3 is 14.6 Å². The maximum atomic E-state index is 11.9. The summed E-state index contributed by atoms with van der Waals surface area (Å²) in [6.45, 7) is 0. The van der Waals surface area contributed by atoms with Crippen molar-refractivity contribution >= 4 is 28.9 Å². The second kappa shape index (κ2) is 9.61. The fourth-order valence-electron chi connectivity index (χ4n) is 3.59. The largest absolute Gasteiger partial charge is 0.493 e. The van der Waals surface area contributed by atoms with Gasteiger partial charge in [-0.2, -0.15) is 0 Å². The predicted molar refractivity (Wildman–Crippen MR) is 110 cm³/mol. The summed E-state index contributed by atoms with van der Waals surface area (Å²) in [6.07, 6.45) is 6.00. The Kier molecular flexibility index (Phi) is 7.16. The highest BCUT2D eigenvalue weighted by atomic mass is 35.5. The predicted octanol–water partition coefficient (Wildman–Crippen LogP) is 5.29. The fraction of sp³-hybridized carbons (Fsp3) is 0.450. The van der Waals surface area contributed by atoms with E-state index in [0.29, 0.717) is 22.0 Å². The molecule has 2 aromatic rings. The van der Waals surface area contributed by atoms with Gasteiger partial charge in [0, 0.05) is 12.4 Å². The molecule has 7 nitrogen and oxygen atoms in total. The second-order valence-corrected chi connectivity index (χ2v) is 7.77. The van der Waals surface area contributed by atoms with Crippen LogP contribution in [0.25, 0.3) is 0 Å². The van der Waals surface area contributed by atoms with Crippen molar-refractivity contribution in [1.29, 1.82) is 0 Å². The minimum atomic E-state index is -1.10. The lowest BCUT2D eigenvalue weighted by Crippen LogP contribution is -2.14. The molecule has 1 N–H and O–H groups in total. The number of aliphatic hydroxyl groups excluding tert-OH is 1. The van der Waals surface area contributed by atoms with Gasteiger partial charge >= 0.3 is 5.69 Å². The number of nitro groups is 1. The number of hydrogen-bond donors (Lipinski definition) is 1. The monoisotopic (exact) mass is 440 g/mol. The molecule has 156 valence electrons. The lowest BCUT2D eigenvalue weighted by Gasteiger charge is -2.19. The van der Waals surface area contributed by atoms with Crippen LogP contribution in [0, 0.1) is 10.1 Å². The Balaban J connectivity index is 1.90. The average molecular weight is 441 g/mol. The molecule has 1 aliphatic rings. The van der Waals surface area contributed by atoms with Crippen LogP contribution in [-0.2, 0) is 6.42 Å². The van der Waals surface area contributed by atoms with E-state index in [2.05, 4.69) is 4.98 Å². The van der Waals surface area contributed by atoms with Crippen molar-refractivity contribution in [1.82, 2.24) is 4.98 Å². The quantitative estimate of drug-likeness (QED) is 0.442. The average Bonchev–Trinajstić information content (AvgIpc) is 3.20. The van der Waals surface area contributed by atoms with Crippen LogP contribution in [0.4, 0.5) is 5.69 Å². The molecule has 1 aromatic heterocycles. The molecule has 1 saturated carbocycles. The van der Waals surface area contributed by atoms with Crippen molar-refractivity contribution in [3.05, 3.63) is 55.8 Å². The smallest absolute Gasteiger partial charge is 0.320 e. The van der Waals surface area contributed by atoms with Crippen molar-refractivity contribution in [2.24, 2.45) is 0 Å². The lowest BCUT2D eigenvalue weighted by molar-refractivity contribution is -0.387. The first-order valence-electron chi connectivity index (χ1n) is 9.40. The van der Waals surface area contributed by atoms with Crippen LogP contribution in [0.15, 0.2) is 24.5 Å². The highest BCUT2D eigenvalue weighted by Crippen LogP contribution is 2.44. The Morgan fingerprint density at radius 2 is 1.93 bits per heavy atom. The number of ether oxygens (including phenoxy) is 2. The van der Waals surface area contributed by atoms with E-state index in [0.717, 1.165) is 25.7 Å². The Morgan fingerprint density at radius 1 is 1.28 bits per heavy atom. The molecule has 1 unspecified atom stereocenters. The third-order valence-electron chi connectivity index (χ3n) is 5.09. The SMILES string of the molecule is COc1ccc(C(O)CCc2c(Cl)cncc2Cl)c([N+](=O)[O-])c1OC1CCCC1. The first-order chi connectivity index (χ1) is 13.9. The molecule has 0 amide bonds. The van der Waals surface area contributed by atoms with Crippen LogP contribution in [0.5, 0.6) is 11.5 Å². The van der Waals surface area contributed by atoms with Gasteiger partial charge in [-0.1, -0.05) is 23.2 Å². The van der Waals surface area contributed by atoms with Gasteiger partial charge in [-0.25, -0.2) is 0 Å². The van der Waals surface area contributed by atoms with Crippen molar-refractivity contribution in [3.8, 4) is 11.5 Å². The highest BCUT2D eigenvalue weighted by Gasteiger charge is 2.31. The van der Waals surface area contributed by atoms with E-state index in [4.69, 9.17) is 32.7 Å². The number of rotatable bonds is 8. The minimum Gasteiger partial charge on any atom is -0.493 e.